The fraction of sp³-hybridized carbons (Fsp3) is 0.727. The first-order valence-corrected chi connectivity index (χ1v) is 7.96. The van der Waals surface area contributed by atoms with E-state index in [4.69, 9.17) is 4.74 Å². The standard InChI is InChI=1S/C11H22N4O3S/c1-9-10(11(18-3)15(2)14-9)8-12-6-5-7-13-19(4,16)17/h12-13H,5-8H2,1-4H3. The van der Waals surface area contributed by atoms with Crippen molar-refractivity contribution in [1.29, 1.82) is 0 Å². The Balaban J connectivity index is 2.34. The molecule has 0 aliphatic rings. The van der Waals surface area contributed by atoms with Crippen LogP contribution in [0.25, 0.3) is 0 Å². The van der Waals surface area contributed by atoms with Crippen molar-refractivity contribution in [3.63, 3.8) is 0 Å². The third kappa shape index (κ3) is 5.17. The third-order valence-electron chi connectivity index (χ3n) is 2.68. The van der Waals surface area contributed by atoms with Crippen molar-refractivity contribution >= 4 is 10.0 Å². The summed E-state index contributed by atoms with van der Waals surface area (Å²) in [5, 5.41) is 7.54. The van der Waals surface area contributed by atoms with Gasteiger partial charge in [-0.15, -0.1) is 0 Å². The van der Waals surface area contributed by atoms with Crippen LogP contribution < -0.4 is 14.8 Å². The normalized spacial score (nSPS) is 11.8. The molecule has 110 valence electrons. The first-order chi connectivity index (χ1) is 8.85. The van der Waals surface area contributed by atoms with Crippen LogP contribution in [0.5, 0.6) is 5.88 Å². The summed E-state index contributed by atoms with van der Waals surface area (Å²) in [6.07, 6.45) is 1.89. The zero-order chi connectivity index (χ0) is 14.5. The molecule has 8 heteroatoms. The molecule has 0 fully saturated rings. The van der Waals surface area contributed by atoms with Gasteiger partial charge in [0.25, 0.3) is 0 Å². The summed E-state index contributed by atoms with van der Waals surface area (Å²) >= 11 is 0. The Morgan fingerprint density at radius 3 is 2.63 bits per heavy atom. The molecule has 1 rings (SSSR count). The number of nitrogens with zero attached hydrogens (tertiary/aromatic N) is 2. The number of aromatic nitrogens is 2. The molecule has 19 heavy (non-hydrogen) atoms. The lowest BCUT2D eigenvalue weighted by atomic mass is 10.2. The molecule has 2 N–H and O–H groups in total. The Morgan fingerprint density at radius 1 is 1.37 bits per heavy atom. The molecule has 1 aromatic rings. The number of nitrogens with one attached hydrogen (secondary N) is 2. The maximum atomic E-state index is 10.9. The lowest BCUT2D eigenvalue weighted by Gasteiger charge is -2.07. The molecule has 1 heterocycles. The van der Waals surface area contributed by atoms with Crippen LogP contribution in [-0.4, -0.2) is 44.7 Å². The number of methoxy groups -OCH3 is 1. The Bertz CT molecular complexity index is 510. The van der Waals surface area contributed by atoms with E-state index >= 15 is 0 Å². The molecule has 0 aliphatic carbocycles. The van der Waals surface area contributed by atoms with Crippen LogP contribution in [0, 0.1) is 6.92 Å². The molecular formula is C11H22N4O3S. The lowest BCUT2D eigenvalue weighted by Crippen LogP contribution is -2.26. The summed E-state index contributed by atoms with van der Waals surface area (Å²) in [6.45, 7) is 3.75. The molecule has 1 aromatic heterocycles. The molecule has 0 saturated heterocycles. The van der Waals surface area contributed by atoms with Gasteiger partial charge in [-0.05, 0) is 19.9 Å². The van der Waals surface area contributed by atoms with E-state index in [1.807, 2.05) is 14.0 Å². The fourth-order valence-electron chi connectivity index (χ4n) is 1.82. The first kappa shape index (κ1) is 15.9. The average molecular weight is 290 g/mol. The van der Waals surface area contributed by atoms with Crippen molar-refractivity contribution in [3.05, 3.63) is 11.3 Å². The highest BCUT2D eigenvalue weighted by molar-refractivity contribution is 7.88. The molecule has 0 atom stereocenters. The Labute approximate surface area is 114 Å². The van der Waals surface area contributed by atoms with Crippen molar-refractivity contribution in [1.82, 2.24) is 19.8 Å². The minimum atomic E-state index is -3.09. The van der Waals surface area contributed by atoms with Crippen molar-refractivity contribution in [2.75, 3.05) is 26.5 Å². The van der Waals surface area contributed by atoms with Gasteiger partial charge in [0.1, 0.15) is 0 Å². The van der Waals surface area contributed by atoms with Crippen LogP contribution in [0.4, 0.5) is 0 Å². The van der Waals surface area contributed by atoms with Crippen LogP contribution in [0.1, 0.15) is 17.7 Å². The summed E-state index contributed by atoms with van der Waals surface area (Å²) < 4.78 is 31.2. The molecular weight excluding hydrogens is 268 g/mol. The van der Waals surface area contributed by atoms with Crippen molar-refractivity contribution in [2.24, 2.45) is 7.05 Å². The van der Waals surface area contributed by atoms with E-state index in [1.165, 1.54) is 0 Å². The predicted octanol–water partition coefficient (Wildman–Crippen LogP) is -0.234. The van der Waals surface area contributed by atoms with Gasteiger partial charge in [-0.1, -0.05) is 0 Å². The summed E-state index contributed by atoms with van der Waals surface area (Å²) in [6, 6.07) is 0. The third-order valence-corrected chi connectivity index (χ3v) is 3.41. The molecule has 0 radical (unpaired) electrons. The van der Waals surface area contributed by atoms with Crippen LogP contribution in [0.15, 0.2) is 0 Å². The van der Waals surface area contributed by atoms with E-state index in [0.717, 1.165) is 36.4 Å². The van der Waals surface area contributed by atoms with E-state index in [0.29, 0.717) is 13.1 Å². The van der Waals surface area contributed by atoms with Crippen LogP contribution in [-0.2, 0) is 23.6 Å². The maximum Gasteiger partial charge on any atom is 0.216 e. The second-order valence-corrected chi connectivity index (χ2v) is 6.23. The van der Waals surface area contributed by atoms with Gasteiger partial charge in [0.05, 0.1) is 24.6 Å². The molecule has 0 saturated carbocycles. The van der Waals surface area contributed by atoms with Gasteiger partial charge in [0.2, 0.25) is 15.9 Å². The summed E-state index contributed by atoms with van der Waals surface area (Å²) in [5.74, 6) is 0.749. The summed E-state index contributed by atoms with van der Waals surface area (Å²) in [7, 11) is 0.371. The highest BCUT2D eigenvalue weighted by Crippen LogP contribution is 2.20. The molecule has 0 aromatic carbocycles. The number of hydrogen-bond acceptors (Lipinski definition) is 5. The Kier molecular flexibility index (Phi) is 5.77. The van der Waals surface area contributed by atoms with Crippen LogP contribution in [0.2, 0.25) is 0 Å². The summed E-state index contributed by atoms with van der Waals surface area (Å²) in [5.41, 5.74) is 1.96. The largest absolute Gasteiger partial charge is 0.481 e. The lowest BCUT2D eigenvalue weighted by molar-refractivity contribution is 0.368. The van der Waals surface area contributed by atoms with Crippen molar-refractivity contribution in [3.8, 4) is 5.88 Å². The maximum absolute atomic E-state index is 10.9. The molecule has 0 spiro atoms. The number of ether oxygens (including phenoxy) is 1. The van der Waals surface area contributed by atoms with Crippen LogP contribution >= 0.6 is 0 Å². The molecule has 0 aliphatic heterocycles. The van der Waals surface area contributed by atoms with E-state index in [1.54, 1.807) is 11.8 Å². The Hall–Kier alpha value is -1.12. The minimum absolute atomic E-state index is 0.439. The van der Waals surface area contributed by atoms with E-state index in [2.05, 4.69) is 15.1 Å². The van der Waals surface area contributed by atoms with E-state index in [9.17, 15) is 8.42 Å². The number of rotatable bonds is 8. The monoisotopic (exact) mass is 290 g/mol. The SMILES string of the molecule is COc1c(CNCCCNS(C)(=O)=O)c(C)nn1C. The molecule has 0 unspecified atom stereocenters. The topological polar surface area (TPSA) is 85.2 Å². The van der Waals surface area contributed by atoms with E-state index in [-0.39, 0.29) is 0 Å². The first-order valence-electron chi connectivity index (χ1n) is 6.07. The number of sulfonamides is 1. The molecule has 7 nitrogen and oxygen atoms in total. The van der Waals surface area contributed by atoms with E-state index < -0.39 is 10.0 Å². The second kappa shape index (κ2) is 6.88. The van der Waals surface area contributed by atoms with Crippen molar-refractivity contribution < 1.29 is 13.2 Å². The fourth-order valence-corrected chi connectivity index (χ4v) is 2.34. The van der Waals surface area contributed by atoms with Gasteiger partial charge < -0.3 is 10.1 Å². The quantitative estimate of drug-likeness (QED) is 0.646. The highest BCUT2D eigenvalue weighted by atomic mass is 32.2. The smallest absolute Gasteiger partial charge is 0.216 e. The minimum Gasteiger partial charge on any atom is -0.481 e. The molecule has 0 bridgehead atoms. The van der Waals surface area contributed by atoms with Crippen LogP contribution in [0.3, 0.4) is 0 Å². The zero-order valence-electron chi connectivity index (χ0n) is 11.9. The molecule has 0 amide bonds. The van der Waals surface area contributed by atoms with Gasteiger partial charge in [-0.25, -0.2) is 17.8 Å². The van der Waals surface area contributed by atoms with Gasteiger partial charge in [-0.2, -0.15) is 5.10 Å². The predicted molar refractivity (Wildman–Crippen MR) is 73.7 cm³/mol. The summed E-state index contributed by atoms with van der Waals surface area (Å²) in [4.78, 5) is 0. The number of hydrogen-bond donors (Lipinski definition) is 2. The van der Waals surface area contributed by atoms with Gasteiger partial charge in [0.15, 0.2) is 0 Å². The van der Waals surface area contributed by atoms with Gasteiger partial charge in [-0.3, -0.25) is 0 Å². The second-order valence-electron chi connectivity index (χ2n) is 4.39. The van der Waals surface area contributed by atoms with Crippen molar-refractivity contribution in [2.45, 2.75) is 19.9 Å². The number of aryl methyl sites for hydroxylation is 2. The highest BCUT2D eigenvalue weighted by Gasteiger charge is 2.12. The Morgan fingerprint density at radius 2 is 2.05 bits per heavy atom. The zero-order valence-corrected chi connectivity index (χ0v) is 12.7. The average Bonchev–Trinajstić information content (AvgIpc) is 2.56. The van der Waals surface area contributed by atoms with Gasteiger partial charge >= 0.3 is 0 Å². The van der Waals surface area contributed by atoms with Gasteiger partial charge in [0, 0.05) is 20.1 Å².